The van der Waals surface area contributed by atoms with Crippen molar-refractivity contribution in [1.82, 2.24) is 4.90 Å². The first-order chi connectivity index (χ1) is 13.0. The second-order valence-corrected chi connectivity index (χ2v) is 7.64. The number of hydrogen-bond acceptors (Lipinski definition) is 3. The lowest BCUT2D eigenvalue weighted by atomic mass is 9.91. The van der Waals surface area contributed by atoms with Crippen molar-refractivity contribution in [2.45, 2.75) is 25.8 Å². The maximum Gasteiger partial charge on any atom is 0.306 e. The molecule has 0 spiro atoms. The third-order valence-electron chi connectivity index (χ3n) is 4.97. The molecule has 4 nitrogen and oxygen atoms in total. The van der Waals surface area contributed by atoms with E-state index in [0.717, 1.165) is 21.3 Å². The fourth-order valence-corrected chi connectivity index (χ4v) is 4.07. The standard InChI is InChI=1S/C21H23BrFNO3/c1-2-27-19-7-6-16(22)13-18(19)20(15-4-3-5-17(23)12-15)24-10-8-14(9-11-24)21(25)26/h3-7,12-14,20H,2,8-11H2,1H3,(H,25,26). The van der Waals surface area contributed by atoms with E-state index in [1.165, 1.54) is 6.07 Å². The molecule has 1 N–H and O–H groups in total. The molecule has 1 saturated heterocycles. The molecule has 2 aromatic carbocycles. The molecule has 27 heavy (non-hydrogen) atoms. The molecule has 0 bridgehead atoms. The van der Waals surface area contributed by atoms with Crippen LogP contribution in [0.3, 0.4) is 0 Å². The van der Waals surface area contributed by atoms with Gasteiger partial charge in [0.05, 0.1) is 18.6 Å². The van der Waals surface area contributed by atoms with E-state index in [2.05, 4.69) is 20.8 Å². The highest BCUT2D eigenvalue weighted by Crippen LogP contribution is 2.38. The van der Waals surface area contributed by atoms with Gasteiger partial charge >= 0.3 is 5.97 Å². The number of nitrogens with zero attached hydrogens (tertiary/aromatic N) is 1. The first-order valence-electron chi connectivity index (χ1n) is 9.14. The van der Waals surface area contributed by atoms with E-state index in [1.54, 1.807) is 12.1 Å². The lowest BCUT2D eigenvalue weighted by molar-refractivity contribution is -0.143. The molecule has 1 unspecified atom stereocenters. The van der Waals surface area contributed by atoms with Crippen LogP contribution in [0, 0.1) is 11.7 Å². The number of likely N-dealkylation sites (tertiary alicyclic amines) is 1. The van der Waals surface area contributed by atoms with Crippen LogP contribution >= 0.6 is 15.9 Å². The summed E-state index contributed by atoms with van der Waals surface area (Å²) in [5.41, 5.74) is 1.79. The molecular formula is C21H23BrFNO3. The monoisotopic (exact) mass is 435 g/mol. The Morgan fingerprint density at radius 3 is 2.67 bits per heavy atom. The predicted octanol–water partition coefficient (Wildman–Crippen LogP) is 4.87. The summed E-state index contributed by atoms with van der Waals surface area (Å²) in [6.45, 7) is 3.74. The van der Waals surface area contributed by atoms with E-state index in [0.29, 0.717) is 32.5 Å². The van der Waals surface area contributed by atoms with Crippen molar-refractivity contribution in [1.29, 1.82) is 0 Å². The maximum absolute atomic E-state index is 14.0. The van der Waals surface area contributed by atoms with E-state index < -0.39 is 5.97 Å². The van der Waals surface area contributed by atoms with E-state index in [1.807, 2.05) is 31.2 Å². The summed E-state index contributed by atoms with van der Waals surface area (Å²) >= 11 is 3.53. The van der Waals surface area contributed by atoms with Crippen LogP contribution in [0.4, 0.5) is 4.39 Å². The molecule has 1 fully saturated rings. The fraction of sp³-hybridized carbons (Fsp3) is 0.381. The third-order valence-corrected chi connectivity index (χ3v) is 5.47. The summed E-state index contributed by atoms with van der Waals surface area (Å²) < 4.78 is 20.7. The summed E-state index contributed by atoms with van der Waals surface area (Å²) in [7, 11) is 0. The molecular weight excluding hydrogens is 413 g/mol. The van der Waals surface area contributed by atoms with Crippen LogP contribution in [0.2, 0.25) is 0 Å². The fourth-order valence-electron chi connectivity index (χ4n) is 3.69. The molecule has 0 saturated carbocycles. The largest absolute Gasteiger partial charge is 0.494 e. The second kappa shape index (κ2) is 8.85. The average Bonchev–Trinajstić information content (AvgIpc) is 2.65. The van der Waals surface area contributed by atoms with E-state index in [4.69, 9.17) is 4.74 Å². The van der Waals surface area contributed by atoms with Crippen LogP contribution in [0.1, 0.15) is 36.9 Å². The molecule has 3 rings (SSSR count). The minimum absolute atomic E-state index is 0.200. The average molecular weight is 436 g/mol. The molecule has 1 heterocycles. The van der Waals surface area contributed by atoms with Gasteiger partial charge in [0.1, 0.15) is 11.6 Å². The minimum Gasteiger partial charge on any atom is -0.494 e. The Morgan fingerprint density at radius 1 is 1.30 bits per heavy atom. The van der Waals surface area contributed by atoms with Gasteiger partial charge in [0.2, 0.25) is 0 Å². The second-order valence-electron chi connectivity index (χ2n) is 6.72. The van der Waals surface area contributed by atoms with Crippen molar-refractivity contribution in [3.63, 3.8) is 0 Å². The van der Waals surface area contributed by atoms with Crippen LogP contribution in [0.25, 0.3) is 0 Å². The molecule has 144 valence electrons. The van der Waals surface area contributed by atoms with Gasteiger partial charge in [-0.1, -0.05) is 28.1 Å². The minimum atomic E-state index is -0.741. The number of halogens is 2. The van der Waals surface area contributed by atoms with Crippen molar-refractivity contribution in [3.8, 4) is 5.75 Å². The first kappa shape index (κ1) is 19.8. The van der Waals surface area contributed by atoms with Crippen molar-refractivity contribution >= 4 is 21.9 Å². The molecule has 2 aromatic rings. The topological polar surface area (TPSA) is 49.8 Å². The van der Waals surface area contributed by atoms with Gasteiger partial charge < -0.3 is 9.84 Å². The zero-order valence-electron chi connectivity index (χ0n) is 15.2. The van der Waals surface area contributed by atoms with Crippen molar-refractivity contribution < 1.29 is 19.0 Å². The van der Waals surface area contributed by atoms with Crippen molar-refractivity contribution in [3.05, 3.63) is 63.9 Å². The van der Waals surface area contributed by atoms with Gasteiger partial charge in [0.15, 0.2) is 0 Å². The highest BCUT2D eigenvalue weighted by molar-refractivity contribution is 9.10. The zero-order chi connectivity index (χ0) is 19.4. The third kappa shape index (κ3) is 4.68. The summed E-state index contributed by atoms with van der Waals surface area (Å²) in [4.78, 5) is 13.5. The lowest BCUT2D eigenvalue weighted by Gasteiger charge is -2.37. The number of ether oxygens (including phenoxy) is 1. The summed E-state index contributed by atoms with van der Waals surface area (Å²) in [6.07, 6.45) is 1.16. The Balaban J connectivity index is 2.02. The van der Waals surface area contributed by atoms with Gasteiger partial charge in [-0.25, -0.2) is 4.39 Å². The molecule has 0 aromatic heterocycles. The van der Waals surface area contributed by atoms with Gasteiger partial charge in [-0.15, -0.1) is 0 Å². The summed E-state index contributed by atoms with van der Waals surface area (Å²) in [6, 6.07) is 12.2. The molecule has 1 aliphatic rings. The quantitative estimate of drug-likeness (QED) is 0.702. The van der Waals surface area contributed by atoms with Crippen molar-refractivity contribution in [2.75, 3.05) is 19.7 Å². The Morgan fingerprint density at radius 2 is 2.04 bits per heavy atom. The van der Waals surface area contributed by atoms with Gasteiger partial charge in [-0.2, -0.15) is 0 Å². The number of rotatable bonds is 6. The molecule has 1 aliphatic heterocycles. The molecule has 0 aliphatic carbocycles. The highest BCUT2D eigenvalue weighted by atomic mass is 79.9. The van der Waals surface area contributed by atoms with Crippen LogP contribution in [-0.4, -0.2) is 35.7 Å². The lowest BCUT2D eigenvalue weighted by Crippen LogP contribution is -2.39. The SMILES string of the molecule is CCOc1ccc(Br)cc1C(c1cccc(F)c1)N1CCC(C(=O)O)CC1. The van der Waals surface area contributed by atoms with Gasteiger partial charge in [0, 0.05) is 10.0 Å². The number of carbonyl (C=O) groups is 1. The number of benzene rings is 2. The molecule has 0 radical (unpaired) electrons. The van der Waals surface area contributed by atoms with Crippen LogP contribution in [0.15, 0.2) is 46.9 Å². The Labute approximate surface area is 167 Å². The maximum atomic E-state index is 14.0. The van der Waals surface area contributed by atoms with E-state index in [9.17, 15) is 14.3 Å². The Kier molecular flexibility index (Phi) is 6.50. The van der Waals surface area contributed by atoms with Gasteiger partial charge in [0.25, 0.3) is 0 Å². The van der Waals surface area contributed by atoms with Gasteiger partial charge in [-0.05, 0) is 68.8 Å². The molecule has 1 atom stereocenters. The Hall–Kier alpha value is -1.92. The summed E-state index contributed by atoms with van der Waals surface area (Å²) in [5.74, 6) is -0.584. The normalized spacial score (nSPS) is 16.9. The number of carboxylic acid groups (broad SMARTS) is 1. The van der Waals surface area contributed by atoms with Crippen LogP contribution < -0.4 is 4.74 Å². The smallest absolute Gasteiger partial charge is 0.306 e. The van der Waals surface area contributed by atoms with Crippen LogP contribution in [0.5, 0.6) is 5.75 Å². The van der Waals surface area contributed by atoms with Crippen LogP contribution in [-0.2, 0) is 4.79 Å². The summed E-state index contributed by atoms with van der Waals surface area (Å²) in [5, 5.41) is 9.29. The number of carboxylic acids is 1. The number of aliphatic carboxylic acids is 1. The van der Waals surface area contributed by atoms with Gasteiger partial charge in [-0.3, -0.25) is 9.69 Å². The van der Waals surface area contributed by atoms with E-state index in [-0.39, 0.29) is 17.8 Å². The zero-order valence-corrected chi connectivity index (χ0v) is 16.8. The predicted molar refractivity (Wildman–Crippen MR) is 105 cm³/mol. The van der Waals surface area contributed by atoms with E-state index >= 15 is 0 Å². The van der Waals surface area contributed by atoms with Crippen molar-refractivity contribution in [2.24, 2.45) is 5.92 Å². The Bertz CT molecular complexity index is 806. The molecule has 6 heteroatoms. The molecule has 0 amide bonds. The number of piperidine rings is 1. The number of hydrogen-bond donors (Lipinski definition) is 1. The first-order valence-corrected chi connectivity index (χ1v) is 9.93. The highest BCUT2D eigenvalue weighted by Gasteiger charge is 2.31.